The van der Waals surface area contributed by atoms with Crippen LogP contribution in [0.4, 0.5) is 10.5 Å². The summed E-state index contributed by atoms with van der Waals surface area (Å²) in [7, 11) is 0. The normalized spacial score (nSPS) is 17.0. The lowest BCUT2D eigenvalue weighted by atomic mass is 9.84. The molecule has 4 nitrogen and oxygen atoms in total. The summed E-state index contributed by atoms with van der Waals surface area (Å²) in [6, 6.07) is 6.51. The van der Waals surface area contributed by atoms with Crippen molar-refractivity contribution in [3.8, 4) is 0 Å². The highest BCUT2D eigenvalue weighted by Gasteiger charge is 2.27. The maximum atomic E-state index is 12.1. The van der Waals surface area contributed by atoms with Crippen molar-refractivity contribution in [2.45, 2.75) is 38.1 Å². The molecule has 1 aliphatic carbocycles. The second-order valence-corrected chi connectivity index (χ2v) is 6.24. The quantitative estimate of drug-likeness (QED) is 0.739. The van der Waals surface area contributed by atoms with E-state index in [9.17, 15) is 4.79 Å². The lowest BCUT2D eigenvalue weighted by Crippen LogP contribution is -2.50. The van der Waals surface area contributed by atoms with E-state index in [1.807, 2.05) is 12.1 Å². The van der Waals surface area contributed by atoms with E-state index in [-0.39, 0.29) is 12.1 Å². The predicted octanol–water partition coefficient (Wildman–Crippen LogP) is 3.70. The summed E-state index contributed by atoms with van der Waals surface area (Å²) in [6.07, 6.45) is 5.67. The molecule has 0 bridgehead atoms. The molecule has 0 saturated heterocycles. The van der Waals surface area contributed by atoms with E-state index < -0.39 is 0 Å². The highest BCUT2D eigenvalue weighted by molar-refractivity contribution is 7.80. The van der Waals surface area contributed by atoms with E-state index >= 15 is 0 Å². The molecule has 21 heavy (non-hydrogen) atoms. The number of thiocarbonyl (C=S) groups is 1. The van der Waals surface area contributed by atoms with Gasteiger partial charge in [0, 0.05) is 0 Å². The molecular formula is C15H20ClN3OS. The predicted molar refractivity (Wildman–Crippen MR) is 90.8 cm³/mol. The molecule has 1 aromatic carbocycles. The molecule has 0 radical (unpaired) electrons. The summed E-state index contributed by atoms with van der Waals surface area (Å²) in [5.41, 5.74) is 6.37. The first-order valence-corrected chi connectivity index (χ1v) is 7.98. The largest absolute Gasteiger partial charge is 0.392 e. The molecule has 1 aromatic rings. The first-order chi connectivity index (χ1) is 10.1. The smallest absolute Gasteiger partial charge is 0.319 e. The highest BCUT2D eigenvalue weighted by Crippen LogP contribution is 2.27. The zero-order valence-electron chi connectivity index (χ0n) is 11.8. The molecule has 1 fully saturated rings. The minimum atomic E-state index is -0.327. The average molecular weight is 326 g/mol. The Morgan fingerprint density at radius 1 is 1.29 bits per heavy atom. The minimum absolute atomic E-state index is 0.261. The van der Waals surface area contributed by atoms with Crippen LogP contribution in [0.5, 0.6) is 0 Å². The number of hydrogen-bond acceptors (Lipinski definition) is 2. The second-order valence-electron chi connectivity index (χ2n) is 5.36. The zero-order valence-corrected chi connectivity index (χ0v) is 13.3. The number of nitrogens with one attached hydrogen (secondary N) is 2. The lowest BCUT2D eigenvalue weighted by molar-refractivity contribution is 0.242. The van der Waals surface area contributed by atoms with E-state index in [0.717, 1.165) is 25.7 Å². The van der Waals surface area contributed by atoms with Gasteiger partial charge in [0.25, 0.3) is 0 Å². The van der Waals surface area contributed by atoms with Crippen LogP contribution in [0.1, 0.15) is 32.1 Å². The van der Waals surface area contributed by atoms with E-state index in [4.69, 9.17) is 29.6 Å². The van der Waals surface area contributed by atoms with Crippen LogP contribution in [-0.4, -0.2) is 17.1 Å². The van der Waals surface area contributed by atoms with E-state index in [1.54, 1.807) is 12.1 Å². The third-order valence-electron chi connectivity index (χ3n) is 3.84. The Labute approximate surface area is 135 Å². The molecule has 2 amide bonds. The summed E-state index contributed by atoms with van der Waals surface area (Å²) in [6.45, 7) is 0. The van der Waals surface area contributed by atoms with Gasteiger partial charge < -0.3 is 16.4 Å². The standard InChI is InChI=1S/C15H20ClN3OS/c16-11-8-4-5-9-12(11)18-15(20)19-13(14(17)21)10-6-2-1-3-7-10/h4-5,8-10,13H,1-3,6-7H2,(H2,17,21)(H2,18,19,20). The van der Waals surface area contributed by atoms with E-state index in [0.29, 0.717) is 21.6 Å². The molecule has 1 aliphatic rings. The number of carbonyl (C=O) groups excluding carboxylic acids is 1. The number of rotatable bonds is 4. The third kappa shape index (κ3) is 4.58. The monoisotopic (exact) mass is 325 g/mol. The minimum Gasteiger partial charge on any atom is -0.392 e. The van der Waals surface area contributed by atoms with Gasteiger partial charge >= 0.3 is 6.03 Å². The number of anilines is 1. The molecule has 2 rings (SSSR count). The Balaban J connectivity index is 1.98. The number of halogens is 1. The molecule has 6 heteroatoms. The first-order valence-electron chi connectivity index (χ1n) is 7.19. The molecule has 4 N–H and O–H groups in total. The van der Waals surface area contributed by atoms with Crippen molar-refractivity contribution < 1.29 is 4.79 Å². The fourth-order valence-electron chi connectivity index (χ4n) is 2.75. The second kappa shape index (κ2) is 7.61. The van der Waals surface area contributed by atoms with Gasteiger partial charge in [-0.3, -0.25) is 0 Å². The molecule has 1 saturated carbocycles. The van der Waals surface area contributed by atoms with E-state index in [1.165, 1.54) is 6.42 Å². The summed E-state index contributed by atoms with van der Waals surface area (Å²) >= 11 is 11.1. The number of benzene rings is 1. The number of urea groups is 1. The van der Waals surface area contributed by atoms with Crippen LogP contribution in [-0.2, 0) is 0 Å². The van der Waals surface area contributed by atoms with Gasteiger partial charge in [-0.15, -0.1) is 0 Å². The highest BCUT2D eigenvalue weighted by atomic mass is 35.5. The van der Waals surface area contributed by atoms with Gasteiger partial charge in [0.15, 0.2) is 0 Å². The van der Waals surface area contributed by atoms with Gasteiger partial charge in [-0.25, -0.2) is 4.79 Å². The van der Waals surface area contributed by atoms with E-state index in [2.05, 4.69) is 10.6 Å². The van der Waals surface area contributed by atoms with Crippen molar-refractivity contribution >= 4 is 40.5 Å². The van der Waals surface area contributed by atoms with Gasteiger partial charge in [0.1, 0.15) is 0 Å². The van der Waals surface area contributed by atoms with Crippen molar-refractivity contribution in [2.24, 2.45) is 11.7 Å². The summed E-state index contributed by atoms with van der Waals surface area (Å²) in [5, 5.41) is 6.12. The Hall–Kier alpha value is -1.33. The number of nitrogens with two attached hydrogens (primary N) is 1. The van der Waals surface area contributed by atoms with Crippen LogP contribution < -0.4 is 16.4 Å². The molecule has 0 aliphatic heterocycles. The summed E-state index contributed by atoms with van der Waals surface area (Å²) in [5.74, 6) is 0.327. The maximum Gasteiger partial charge on any atom is 0.319 e. The fourth-order valence-corrected chi connectivity index (χ4v) is 3.19. The first kappa shape index (κ1) is 16.0. The lowest BCUT2D eigenvalue weighted by Gasteiger charge is -2.30. The summed E-state index contributed by atoms with van der Waals surface area (Å²) < 4.78 is 0. The number of para-hydroxylation sites is 1. The zero-order chi connectivity index (χ0) is 15.2. The fraction of sp³-hybridized carbons (Fsp3) is 0.467. The molecule has 0 spiro atoms. The number of carbonyl (C=O) groups is 1. The van der Waals surface area contributed by atoms with Crippen molar-refractivity contribution in [2.75, 3.05) is 5.32 Å². The van der Waals surface area contributed by atoms with Gasteiger partial charge in [-0.05, 0) is 30.9 Å². The van der Waals surface area contributed by atoms with Gasteiger partial charge in [-0.2, -0.15) is 0 Å². The van der Waals surface area contributed by atoms with Crippen LogP contribution in [0.2, 0.25) is 5.02 Å². The molecule has 0 heterocycles. The van der Waals surface area contributed by atoms with Gasteiger partial charge in [0.05, 0.1) is 21.7 Å². The number of hydrogen-bond donors (Lipinski definition) is 3. The van der Waals surface area contributed by atoms with Crippen LogP contribution in [0.3, 0.4) is 0 Å². The Morgan fingerprint density at radius 2 is 1.95 bits per heavy atom. The Morgan fingerprint density at radius 3 is 2.57 bits per heavy atom. The average Bonchev–Trinajstić information content (AvgIpc) is 2.48. The topological polar surface area (TPSA) is 67.1 Å². The molecule has 114 valence electrons. The van der Waals surface area contributed by atoms with Gasteiger partial charge in [0.2, 0.25) is 0 Å². The molecule has 1 atom stereocenters. The SMILES string of the molecule is NC(=S)C(NC(=O)Nc1ccccc1Cl)C1CCCCC1. The van der Waals surface area contributed by atoms with Gasteiger partial charge in [-0.1, -0.05) is 55.2 Å². The maximum absolute atomic E-state index is 12.1. The Bertz CT molecular complexity index is 517. The Kier molecular flexibility index (Phi) is 5.82. The third-order valence-corrected chi connectivity index (χ3v) is 4.42. The molecular weight excluding hydrogens is 306 g/mol. The van der Waals surface area contributed by atoms with Crippen molar-refractivity contribution in [1.29, 1.82) is 0 Å². The molecule has 1 unspecified atom stereocenters. The van der Waals surface area contributed by atoms with Crippen LogP contribution >= 0.6 is 23.8 Å². The van der Waals surface area contributed by atoms with Crippen molar-refractivity contribution in [3.63, 3.8) is 0 Å². The van der Waals surface area contributed by atoms with Crippen LogP contribution in [0.25, 0.3) is 0 Å². The number of amides is 2. The van der Waals surface area contributed by atoms with Crippen LogP contribution in [0.15, 0.2) is 24.3 Å². The van der Waals surface area contributed by atoms with Crippen LogP contribution in [0, 0.1) is 5.92 Å². The van der Waals surface area contributed by atoms with Crippen molar-refractivity contribution in [3.05, 3.63) is 29.3 Å². The summed E-state index contributed by atoms with van der Waals surface area (Å²) in [4.78, 5) is 12.5. The van der Waals surface area contributed by atoms with Crippen molar-refractivity contribution in [1.82, 2.24) is 5.32 Å². The molecule has 0 aromatic heterocycles.